The number of ether oxygens (including phenoxy) is 1. The van der Waals surface area contributed by atoms with Gasteiger partial charge in [-0.15, -0.1) is 0 Å². The predicted octanol–water partition coefficient (Wildman–Crippen LogP) is 4.65. The van der Waals surface area contributed by atoms with Gasteiger partial charge in [0.05, 0.1) is 17.2 Å². The Balaban J connectivity index is 2.19. The van der Waals surface area contributed by atoms with Gasteiger partial charge in [-0.1, -0.05) is 12.1 Å². The fourth-order valence-corrected chi connectivity index (χ4v) is 2.33. The molecule has 0 spiro atoms. The summed E-state index contributed by atoms with van der Waals surface area (Å²) in [6, 6.07) is 13.8. The zero-order valence-corrected chi connectivity index (χ0v) is 14.0. The second-order valence-electron chi connectivity index (χ2n) is 5.95. The smallest absolute Gasteiger partial charge is 0.416 e. The monoisotopic (exact) mass is 348 g/mol. The van der Waals surface area contributed by atoms with E-state index in [1.165, 1.54) is 12.1 Å². The first-order valence-corrected chi connectivity index (χ1v) is 7.78. The molecule has 1 unspecified atom stereocenters. The van der Waals surface area contributed by atoms with Crippen LogP contribution < -0.4 is 4.74 Å². The van der Waals surface area contributed by atoms with E-state index in [-0.39, 0.29) is 6.10 Å². The Kier molecular flexibility index (Phi) is 6.05. The number of halogens is 3. The molecule has 0 saturated heterocycles. The minimum absolute atomic E-state index is 0.313. The lowest BCUT2D eigenvalue weighted by molar-refractivity contribution is -0.137. The number of alkyl halides is 3. The molecule has 2 aromatic rings. The summed E-state index contributed by atoms with van der Waals surface area (Å²) in [4.78, 5) is 2.01. The maximum Gasteiger partial charge on any atom is 0.416 e. The van der Waals surface area contributed by atoms with Crippen LogP contribution in [0, 0.1) is 11.3 Å². The largest absolute Gasteiger partial charge is 0.486 e. The second kappa shape index (κ2) is 8.04. The van der Waals surface area contributed by atoms with Gasteiger partial charge in [-0.05, 0) is 56.1 Å². The third-order valence-corrected chi connectivity index (χ3v) is 3.71. The van der Waals surface area contributed by atoms with Crippen LogP contribution in [0.15, 0.2) is 48.5 Å². The molecule has 132 valence electrons. The van der Waals surface area contributed by atoms with E-state index in [0.29, 0.717) is 17.7 Å². The lowest BCUT2D eigenvalue weighted by Crippen LogP contribution is -2.18. The molecule has 1 atom stereocenters. The van der Waals surface area contributed by atoms with Crippen LogP contribution in [0.5, 0.6) is 5.75 Å². The fourth-order valence-electron chi connectivity index (χ4n) is 2.33. The first-order chi connectivity index (χ1) is 11.8. The Hall–Kier alpha value is -2.52. The van der Waals surface area contributed by atoms with Crippen LogP contribution in [0.3, 0.4) is 0 Å². The first-order valence-electron chi connectivity index (χ1n) is 7.78. The van der Waals surface area contributed by atoms with E-state index in [9.17, 15) is 13.2 Å². The van der Waals surface area contributed by atoms with Crippen LogP contribution >= 0.6 is 0 Å². The molecular formula is C19H19F3N2O. The third kappa shape index (κ3) is 5.50. The van der Waals surface area contributed by atoms with E-state index >= 15 is 0 Å². The van der Waals surface area contributed by atoms with Gasteiger partial charge in [0.1, 0.15) is 11.9 Å². The van der Waals surface area contributed by atoms with E-state index in [0.717, 1.165) is 24.2 Å². The van der Waals surface area contributed by atoms with Crippen molar-refractivity contribution in [3.8, 4) is 11.8 Å². The minimum Gasteiger partial charge on any atom is -0.486 e. The van der Waals surface area contributed by atoms with Gasteiger partial charge in [-0.3, -0.25) is 0 Å². The summed E-state index contributed by atoms with van der Waals surface area (Å²) in [6.45, 7) is 0.755. The van der Waals surface area contributed by atoms with Crippen molar-refractivity contribution in [2.75, 3.05) is 20.6 Å². The van der Waals surface area contributed by atoms with E-state index in [2.05, 4.69) is 6.07 Å². The van der Waals surface area contributed by atoms with Crippen molar-refractivity contribution >= 4 is 0 Å². The molecule has 0 saturated carbocycles. The highest BCUT2D eigenvalue weighted by Crippen LogP contribution is 2.32. The van der Waals surface area contributed by atoms with E-state index in [4.69, 9.17) is 10.00 Å². The SMILES string of the molecule is CN(C)CCC(Oc1ccc(C(F)(F)F)cc1)c1ccc(C#N)cc1. The molecule has 0 radical (unpaired) electrons. The molecule has 25 heavy (non-hydrogen) atoms. The average Bonchev–Trinajstić information content (AvgIpc) is 2.58. The molecule has 3 nitrogen and oxygen atoms in total. The molecule has 0 N–H and O–H groups in total. The van der Waals surface area contributed by atoms with E-state index in [1.807, 2.05) is 31.1 Å². The van der Waals surface area contributed by atoms with Crippen molar-refractivity contribution in [3.05, 3.63) is 65.2 Å². The number of rotatable bonds is 6. The normalized spacial score (nSPS) is 12.7. The van der Waals surface area contributed by atoms with Gasteiger partial charge in [0, 0.05) is 13.0 Å². The molecule has 6 heteroatoms. The van der Waals surface area contributed by atoms with Gasteiger partial charge in [0.15, 0.2) is 0 Å². The fraction of sp³-hybridized carbons (Fsp3) is 0.316. The zero-order chi connectivity index (χ0) is 18.4. The van der Waals surface area contributed by atoms with Gasteiger partial charge in [0.25, 0.3) is 0 Å². The van der Waals surface area contributed by atoms with Gasteiger partial charge in [0.2, 0.25) is 0 Å². The zero-order valence-electron chi connectivity index (χ0n) is 14.0. The van der Waals surface area contributed by atoms with Crippen LogP contribution in [-0.2, 0) is 6.18 Å². The molecule has 2 rings (SSSR count). The summed E-state index contributed by atoms with van der Waals surface area (Å²) in [6.07, 6.45) is -4.01. The molecule has 0 aliphatic heterocycles. The number of nitriles is 1. The molecule has 0 amide bonds. The summed E-state index contributed by atoms with van der Waals surface area (Å²) in [5.41, 5.74) is 0.716. The Morgan fingerprint density at radius 3 is 2.12 bits per heavy atom. The molecule has 0 aliphatic rings. The highest BCUT2D eigenvalue weighted by atomic mass is 19.4. The van der Waals surface area contributed by atoms with Crippen LogP contribution in [0.4, 0.5) is 13.2 Å². The van der Waals surface area contributed by atoms with Crippen LogP contribution in [0.2, 0.25) is 0 Å². The Morgan fingerprint density at radius 2 is 1.64 bits per heavy atom. The predicted molar refractivity (Wildman–Crippen MR) is 89.1 cm³/mol. The number of benzene rings is 2. The molecule has 2 aromatic carbocycles. The molecule has 0 bridgehead atoms. The van der Waals surface area contributed by atoms with Crippen LogP contribution in [0.25, 0.3) is 0 Å². The summed E-state index contributed by atoms with van der Waals surface area (Å²) >= 11 is 0. The van der Waals surface area contributed by atoms with Crippen LogP contribution in [-0.4, -0.2) is 25.5 Å². The summed E-state index contributed by atoms with van der Waals surface area (Å²) in [5, 5.41) is 8.89. The summed E-state index contributed by atoms with van der Waals surface area (Å²) in [5.74, 6) is 0.376. The lowest BCUT2D eigenvalue weighted by Gasteiger charge is -2.22. The van der Waals surface area contributed by atoms with Gasteiger partial charge in [-0.25, -0.2) is 0 Å². The maximum atomic E-state index is 12.7. The average molecular weight is 348 g/mol. The standard InChI is InChI=1S/C19H19F3N2O/c1-24(2)12-11-18(15-5-3-14(13-23)4-6-15)25-17-9-7-16(8-10-17)19(20,21)22/h3-10,18H,11-12H2,1-2H3. The number of hydrogen-bond acceptors (Lipinski definition) is 3. The number of hydrogen-bond donors (Lipinski definition) is 0. The van der Waals surface area contributed by atoms with Crippen molar-refractivity contribution in [3.63, 3.8) is 0 Å². The Morgan fingerprint density at radius 1 is 1.04 bits per heavy atom. The Labute approximate surface area is 145 Å². The molecule has 0 heterocycles. The summed E-state index contributed by atoms with van der Waals surface area (Å²) < 4.78 is 43.9. The highest BCUT2D eigenvalue weighted by Gasteiger charge is 2.30. The van der Waals surface area contributed by atoms with Gasteiger partial charge in [-0.2, -0.15) is 18.4 Å². The second-order valence-corrected chi connectivity index (χ2v) is 5.95. The number of nitrogens with zero attached hydrogens (tertiary/aromatic N) is 2. The van der Waals surface area contributed by atoms with Crippen molar-refractivity contribution in [1.82, 2.24) is 4.90 Å². The van der Waals surface area contributed by atoms with Gasteiger partial charge < -0.3 is 9.64 Å². The summed E-state index contributed by atoms with van der Waals surface area (Å²) in [7, 11) is 3.88. The highest BCUT2D eigenvalue weighted by molar-refractivity contribution is 5.34. The molecule has 0 aromatic heterocycles. The van der Waals surface area contributed by atoms with Gasteiger partial charge >= 0.3 is 6.18 Å². The first kappa shape index (κ1) is 18.8. The maximum absolute atomic E-state index is 12.7. The molecule has 0 aliphatic carbocycles. The van der Waals surface area contributed by atoms with Crippen molar-refractivity contribution in [2.45, 2.75) is 18.7 Å². The minimum atomic E-state index is -4.37. The molecule has 0 fully saturated rings. The lowest BCUT2D eigenvalue weighted by atomic mass is 10.0. The van der Waals surface area contributed by atoms with Crippen LogP contribution in [0.1, 0.15) is 29.2 Å². The van der Waals surface area contributed by atoms with E-state index < -0.39 is 11.7 Å². The Bertz CT molecular complexity index is 716. The topological polar surface area (TPSA) is 36.3 Å². The molecular weight excluding hydrogens is 329 g/mol. The van der Waals surface area contributed by atoms with E-state index in [1.54, 1.807) is 12.1 Å². The van der Waals surface area contributed by atoms with Crippen molar-refractivity contribution < 1.29 is 17.9 Å². The third-order valence-electron chi connectivity index (χ3n) is 3.71. The van der Waals surface area contributed by atoms with Crippen molar-refractivity contribution in [1.29, 1.82) is 5.26 Å². The quantitative estimate of drug-likeness (QED) is 0.762. The van der Waals surface area contributed by atoms with Crippen molar-refractivity contribution in [2.24, 2.45) is 0 Å².